The van der Waals surface area contributed by atoms with Crippen LogP contribution >= 0.6 is 57.5 Å². The second kappa shape index (κ2) is 7.78. The van der Waals surface area contributed by atoms with Crippen LogP contribution in [0, 0.1) is 0 Å². The Kier molecular flexibility index (Phi) is 5.39. The number of anilines is 1. The molecular weight excluding hydrogens is 443 g/mol. The van der Waals surface area contributed by atoms with Crippen molar-refractivity contribution in [2.45, 2.75) is 6.42 Å². The maximum atomic E-state index is 12.6. The molecule has 0 aliphatic carbocycles. The van der Waals surface area contributed by atoms with E-state index in [-0.39, 0.29) is 5.91 Å². The fourth-order valence-corrected chi connectivity index (χ4v) is 5.25. The number of nitrogens with one attached hydrogen (secondary N) is 1. The molecule has 0 saturated heterocycles. The van der Waals surface area contributed by atoms with Crippen LogP contribution in [0.1, 0.15) is 20.1 Å². The van der Waals surface area contributed by atoms with Gasteiger partial charge in [-0.2, -0.15) is 0 Å². The van der Waals surface area contributed by atoms with E-state index in [1.807, 2.05) is 30.3 Å². The zero-order chi connectivity index (χ0) is 19.0. The number of hydrogen-bond acceptors (Lipinski definition) is 4. The molecule has 0 bridgehead atoms. The van der Waals surface area contributed by atoms with Crippen LogP contribution < -0.4 is 5.32 Å². The average Bonchev–Trinajstić information content (AvgIpc) is 3.23. The monoisotopic (exact) mass is 452 g/mol. The molecule has 136 valence electrons. The van der Waals surface area contributed by atoms with Crippen LogP contribution in [0.4, 0.5) is 5.13 Å². The Labute approximate surface area is 178 Å². The lowest BCUT2D eigenvalue weighted by Gasteiger charge is -2.02. The van der Waals surface area contributed by atoms with Crippen LogP contribution in [0.3, 0.4) is 0 Å². The van der Waals surface area contributed by atoms with Crippen molar-refractivity contribution in [3.8, 4) is 0 Å². The lowest BCUT2D eigenvalue weighted by Crippen LogP contribution is -2.10. The van der Waals surface area contributed by atoms with E-state index in [2.05, 4.69) is 10.3 Å². The van der Waals surface area contributed by atoms with Gasteiger partial charge in [-0.05, 0) is 29.8 Å². The highest BCUT2D eigenvalue weighted by molar-refractivity contribution is 7.22. The summed E-state index contributed by atoms with van der Waals surface area (Å²) in [5.41, 5.74) is 0.915. The number of carbonyl (C=O) groups is 1. The first-order chi connectivity index (χ1) is 13.0. The van der Waals surface area contributed by atoms with Crippen molar-refractivity contribution < 1.29 is 4.79 Å². The Bertz CT molecular complexity index is 1150. The molecule has 1 N–H and O–H groups in total. The number of rotatable bonds is 4. The SMILES string of the molecule is O=C(Nc1ncc(Cc2cc(Cl)ccc2Cl)s1)c1sc2ccccc2c1Cl. The Morgan fingerprint density at radius 1 is 1.07 bits per heavy atom. The van der Waals surface area contributed by atoms with E-state index >= 15 is 0 Å². The summed E-state index contributed by atoms with van der Waals surface area (Å²) in [5, 5.41) is 5.97. The molecule has 8 heteroatoms. The molecule has 0 aliphatic heterocycles. The quantitative estimate of drug-likeness (QED) is 0.356. The van der Waals surface area contributed by atoms with Gasteiger partial charge in [0.2, 0.25) is 0 Å². The highest BCUT2D eigenvalue weighted by Gasteiger charge is 2.18. The number of nitrogens with zero attached hydrogens (tertiary/aromatic N) is 1. The average molecular weight is 454 g/mol. The van der Waals surface area contributed by atoms with Crippen molar-refractivity contribution in [3.63, 3.8) is 0 Å². The number of aromatic nitrogens is 1. The van der Waals surface area contributed by atoms with Gasteiger partial charge in [-0.3, -0.25) is 10.1 Å². The molecule has 0 atom stereocenters. The number of carbonyl (C=O) groups excluding carboxylic acids is 1. The van der Waals surface area contributed by atoms with Crippen molar-refractivity contribution >= 4 is 78.6 Å². The standard InChI is InChI=1S/C19H11Cl3N2OS2/c20-11-5-6-14(21)10(7-11)8-12-9-23-19(26-12)24-18(25)17-16(22)13-3-1-2-4-15(13)27-17/h1-7,9H,8H2,(H,23,24,25). The second-order valence-corrected chi connectivity index (χ2v) is 9.13. The Morgan fingerprint density at radius 2 is 1.89 bits per heavy atom. The van der Waals surface area contributed by atoms with Gasteiger partial charge >= 0.3 is 0 Å². The van der Waals surface area contributed by atoms with Gasteiger partial charge in [0.1, 0.15) is 4.88 Å². The number of hydrogen-bond donors (Lipinski definition) is 1. The molecular formula is C19H11Cl3N2OS2. The molecule has 0 saturated carbocycles. The molecule has 2 heterocycles. The van der Waals surface area contributed by atoms with E-state index in [9.17, 15) is 4.79 Å². The van der Waals surface area contributed by atoms with Crippen LogP contribution in [-0.2, 0) is 6.42 Å². The number of thiazole rings is 1. The summed E-state index contributed by atoms with van der Waals surface area (Å²) < 4.78 is 0.975. The third-order valence-electron chi connectivity index (χ3n) is 3.89. The van der Waals surface area contributed by atoms with Crippen LogP contribution in [-0.4, -0.2) is 10.9 Å². The topological polar surface area (TPSA) is 42.0 Å². The van der Waals surface area contributed by atoms with Gasteiger partial charge in [-0.1, -0.05) is 53.0 Å². The van der Waals surface area contributed by atoms with Gasteiger partial charge < -0.3 is 0 Å². The fraction of sp³-hybridized carbons (Fsp3) is 0.0526. The molecule has 0 aliphatic rings. The predicted octanol–water partition coefficient (Wildman–Crippen LogP) is 7.16. The number of fused-ring (bicyclic) bond motifs is 1. The normalized spacial score (nSPS) is 11.1. The number of thiophene rings is 1. The number of benzene rings is 2. The molecule has 4 aromatic rings. The van der Waals surface area contributed by atoms with Crippen LogP contribution in [0.15, 0.2) is 48.7 Å². The van der Waals surface area contributed by atoms with Crippen molar-refractivity contribution in [1.82, 2.24) is 4.98 Å². The van der Waals surface area contributed by atoms with Crippen molar-refractivity contribution in [3.05, 3.63) is 79.0 Å². The van der Waals surface area contributed by atoms with Gasteiger partial charge in [0.05, 0.1) is 5.02 Å². The Morgan fingerprint density at radius 3 is 2.70 bits per heavy atom. The van der Waals surface area contributed by atoms with Crippen LogP contribution in [0.2, 0.25) is 15.1 Å². The zero-order valence-corrected chi connectivity index (χ0v) is 17.5. The summed E-state index contributed by atoms with van der Waals surface area (Å²) in [6.45, 7) is 0. The third kappa shape index (κ3) is 3.98. The molecule has 0 unspecified atom stereocenters. The van der Waals surface area contributed by atoms with Gasteiger partial charge in [-0.15, -0.1) is 22.7 Å². The van der Waals surface area contributed by atoms with E-state index in [1.165, 1.54) is 22.7 Å². The van der Waals surface area contributed by atoms with E-state index in [0.717, 1.165) is 20.5 Å². The minimum atomic E-state index is -0.261. The Balaban J connectivity index is 1.52. The minimum absolute atomic E-state index is 0.261. The lowest BCUT2D eigenvalue weighted by molar-refractivity contribution is 0.103. The van der Waals surface area contributed by atoms with E-state index < -0.39 is 0 Å². The van der Waals surface area contributed by atoms with Crippen LogP contribution in [0.5, 0.6) is 0 Å². The third-order valence-corrected chi connectivity index (χ3v) is 7.08. The van der Waals surface area contributed by atoms with Crippen molar-refractivity contribution in [2.75, 3.05) is 5.32 Å². The highest BCUT2D eigenvalue weighted by Crippen LogP contribution is 2.36. The van der Waals surface area contributed by atoms with E-state index in [1.54, 1.807) is 18.3 Å². The predicted molar refractivity (Wildman–Crippen MR) is 116 cm³/mol. The number of amides is 1. The molecule has 4 rings (SSSR count). The van der Waals surface area contributed by atoms with E-state index in [4.69, 9.17) is 34.8 Å². The van der Waals surface area contributed by atoms with Gasteiger partial charge in [-0.25, -0.2) is 4.98 Å². The largest absolute Gasteiger partial charge is 0.297 e. The van der Waals surface area contributed by atoms with Crippen molar-refractivity contribution in [2.24, 2.45) is 0 Å². The molecule has 3 nitrogen and oxygen atoms in total. The van der Waals surface area contributed by atoms with E-state index in [0.29, 0.717) is 31.5 Å². The smallest absolute Gasteiger partial charge is 0.269 e. The fourth-order valence-electron chi connectivity index (χ4n) is 2.63. The van der Waals surface area contributed by atoms with Gasteiger partial charge in [0.25, 0.3) is 5.91 Å². The first-order valence-corrected chi connectivity index (χ1v) is 10.6. The summed E-state index contributed by atoms with van der Waals surface area (Å²) in [4.78, 5) is 18.3. The van der Waals surface area contributed by atoms with Gasteiger partial charge in [0.15, 0.2) is 5.13 Å². The molecule has 2 aromatic heterocycles. The summed E-state index contributed by atoms with van der Waals surface area (Å²) in [7, 11) is 0. The minimum Gasteiger partial charge on any atom is -0.297 e. The molecule has 0 radical (unpaired) electrons. The molecule has 27 heavy (non-hydrogen) atoms. The summed E-state index contributed by atoms with van der Waals surface area (Å²) in [6.07, 6.45) is 2.32. The number of halogens is 3. The van der Waals surface area contributed by atoms with Crippen molar-refractivity contribution in [1.29, 1.82) is 0 Å². The summed E-state index contributed by atoms with van der Waals surface area (Å²) >= 11 is 21.4. The lowest BCUT2D eigenvalue weighted by atomic mass is 10.1. The summed E-state index contributed by atoms with van der Waals surface area (Å²) in [5.74, 6) is -0.261. The maximum Gasteiger partial charge on any atom is 0.269 e. The Hall–Kier alpha value is -1.63. The second-order valence-electron chi connectivity index (χ2n) is 5.74. The highest BCUT2D eigenvalue weighted by atomic mass is 35.5. The molecule has 2 aromatic carbocycles. The van der Waals surface area contributed by atoms with Crippen LogP contribution in [0.25, 0.3) is 10.1 Å². The maximum absolute atomic E-state index is 12.6. The first-order valence-electron chi connectivity index (χ1n) is 7.88. The molecule has 0 spiro atoms. The molecule has 1 amide bonds. The van der Waals surface area contributed by atoms with Gasteiger partial charge in [0, 0.05) is 37.6 Å². The molecule has 0 fully saturated rings. The first kappa shape index (κ1) is 18.7. The summed E-state index contributed by atoms with van der Waals surface area (Å²) in [6, 6.07) is 13.0. The zero-order valence-electron chi connectivity index (χ0n) is 13.6.